The lowest BCUT2D eigenvalue weighted by atomic mass is 10.1. The highest BCUT2D eigenvalue weighted by Crippen LogP contribution is 2.16. The molecule has 0 atom stereocenters. The van der Waals surface area contributed by atoms with Crippen molar-refractivity contribution in [2.75, 3.05) is 11.9 Å². The van der Waals surface area contributed by atoms with E-state index in [0.29, 0.717) is 5.75 Å². The van der Waals surface area contributed by atoms with Gasteiger partial charge >= 0.3 is 0 Å². The van der Waals surface area contributed by atoms with Crippen molar-refractivity contribution < 1.29 is 9.53 Å². The zero-order valence-electron chi connectivity index (χ0n) is 11.1. The molecule has 0 spiro atoms. The van der Waals surface area contributed by atoms with Crippen LogP contribution in [-0.4, -0.2) is 12.5 Å². The molecular formula is C16H17NO2. The van der Waals surface area contributed by atoms with Gasteiger partial charge in [-0.25, -0.2) is 0 Å². The van der Waals surface area contributed by atoms with Crippen molar-refractivity contribution in [3.63, 3.8) is 0 Å². The molecule has 3 nitrogen and oxygen atoms in total. The summed E-state index contributed by atoms with van der Waals surface area (Å²) in [4.78, 5) is 11.7. The molecule has 0 aliphatic rings. The SMILES string of the molecule is Cc1ccc(OCC(=O)Nc2ccccc2)cc1C. The summed E-state index contributed by atoms with van der Waals surface area (Å²) in [6.45, 7) is 4.07. The maximum atomic E-state index is 11.7. The molecular weight excluding hydrogens is 238 g/mol. The van der Waals surface area contributed by atoms with Gasteiger partial charge < -0.3 is 10.1 Å². The van der Waals surface area contributed by atoms with Crippen molar-refractivity contribution >= 4 is 11.6 Å². The van der Waals surface area contributed by atoms with E-state index >= 15 is 0 Å². The molecule has 98 valence electrons. The van der Waals surface area contributed by atoms with E-state index in [-0.39, 0.29) is 12.5 Å². The molecule has 19 heavy (non-hydrogen) atoms. The second-order valence-corrected chi connectivity index (χ2v) is 4.45. The maximum Gasteiger partial charge on any atom is 0.262 e. The van der Waals surface area contributed by atoms with E-state index in [1.807, 2.05) is 62.4 Å². The number of rotatable bonds is 4. The summed E-state index contributed by atoms with van der Waals surface area (Å²) in [5, 5.41) is 2.77. The van der Waals surface area contributed by atoms with Gasteiger partial charge in [0.1, 0.15) is 5.75 Å². The molecule has 1 N–H and O–H groups in total. The number of carbonyl (C=O) groups is 1. The van der Waals surface area contributed by atoms with Crippen molar-refractivity contribution in [2.24, 2.45) is 0 Å². The van der Waals surface area contributed by atoms with E-state index in [0.717, 1.165) is 11.3 Å². The molecule has 2 rings (SSSR count). The Hall–Kier alpha value is -2.29. The Morgan fingerprint density at radius 2 is 1.79 bits per heavy atom. The van der Waals surface area contributed by atoms with Gasteiger partial charge in [0, 0.05) is 5.69 Å². The molecule has 0 aliphatic heterocycles. The Kier molecular flexibility index (Phi) is 4.18. The number of ether oxygens (including phenoxy) is 1. The van der Waals surface area contributed by atoms with Crippen molar-refractivity contribution in [3.8, 4) is 5.75 Å². The number of amides is 1. The zero-order valence-corrected chi connectivity index (χ0v) is 11.1. The third kappa shape index (κ3) is 3.85. The first-order valence-corrected chi connectivity index (χ1v) is 6.20. The number of hydrogen-bond acceptors (Lipinski definition) is 2. The average Bonchev–Trinajstić information content (AvgIpc) is 2.41. The average molecular weight is 255 g/mol. The van der Waals surface area contributed by atoms with Crippen LogP contribution in [0.2, 0.25) is 0 Å². The molecule has 0 bridgehead atoms. The van der Waals surface area contributed by atoms with Gasteiger partial charge in [-0.2, -0.15) is 0 Å². The highest BCUT2D eigenvalue weighted by Gasteiger charge is 2.04. The van der Waals surface area contributed by atoms with E-state index in [9.17, 15) is 4.79 Å². The monoisotopic (exact) mass is 255 g/mol. The summed E-state index contributed by atoms with van der Waals surface area (Å²) in [5.74, 6) is 0.552. The summed E-state index contributed by atoms with van der Waals surface area (Å²) < 4.78 is 5.46. The Bertz CT molecular complexity index is 564. The van der Waals surface area contributed by atoms with Crippen LogP contribution in [0, 0.1) is 13.8 Å². The van der Waals surface area contributed by atoms with Crippen LogP contribution >= 0.6 is 0 Å². The highest BCUT2D eigenvalue weighted by molar-refractivity contribution is 5.91. The minimum atomic E-state index is -0.163. The molecule has 0 aromatic heterocycles. The Morgan fingerprint density at radius 3 is 2.47 bits per heavy atom. The predicted octanol–water partition coefficient (Wildman–Crippen LogP) is 3.32. The van der Waals surface area contributed by atoms with E-state index in [4.69, 9.17) is 4.74 Å². The first-order valence-electron chi connectivity index (χ1n) is 6.20. The quantitative estimate of drug-likeness (QED) is 0.910. The molecule has 0 saturated heterocycles. The summed E-state index contributed by atoms with van der Waals surface area (Å²) in [6, 6.07) is 15.1. The molecule has 3 heteroatoms. The fraction of sp³-hybridized carbons (Fsp3) is 0.188. The molecule has 0 aliphatic carbocycles. The van der Waals surface area contributed by atoms with Gasteiger partial charge in [-0.05, 0) is 49.2 Å². The normalized spacial score (nSPS) is 10.0. The Labute approximate surface area is 113 Å². The third-order valence-corrected chi connectivity index (χ3v) is 2.91. The second-order valence-electron chi connectivity index (χ2n) is 4.45. The Morgan fingerprint density at radius 1 is 1.05 bits per heavy atom. The van der Waals surface area contributed by atoms with E-state index in [1.54, 1.807) is 0 Å². The van der Waals surface area contributed by atoms with Crippen molar-refractivity contribution in [3.05, 3.63) is 59.7 Å². The lowest BCUT2D eigenvalue weighted by Gasteiger charge is -2.09. The number of carbonyl (C=O) groups excluding carboxylic acids is 1. The van der Waals surface area contributed by atoms with Crippen LogP contribution in [0.3, 0.4) is 0 Å². The highest BCUT2D eigenvalue weighted by atomic mass is 16.5. The topological polar surface area (TPSA) is 38.3 Å². The summed E-state index contributed by atoms with van der Waals surface area (Å²) in [5.41, 5.74) is 3.14. The maximum absolute atomic E-state index is 11.7. The van der Waals surface area contributed by atoms with Crippen LogP contribution in [0.25, 0.3) is 0 Å². The predicted molar refractivity (Wildman–Crippen MR) is 76.5 cm³/mol. The van der Waals surface area contributed by atoms with E-state index in [2.05, 4.69) is 5.32 Å². The molecule has 2 aromatic carbocycles. The van der Waals surface area contributed by atoms with Crippen LogP contribution < -0.4 is 10.1 Å². The minimum Gasteiger partial charge on any atom is -0.484 e. The second kappa shape index (κ2) is 6.05. The van der Waals surface area contributed by atoms with Gasteiger partial charge in [0.25, 0.3) is 5.91 Å². The molecule has 1 amide bonds. The number of para-hydroxylation sites is 1. The summed E-state index contributed by atoms with van der Waals surface area (Å²) >= 11 is 0. The number of benzene rings is 2. The standard InChI is InChI=1S/C16H17NO2/c1-12-8-9-15(10-13(12)2)19-11-16(18)17-14-6-4-3-5-7-14/h3-10H,11H2,1-2H3,(H,17,18). The number of aryl methyl sites for hydroxylation is 2. The largest absolute Gasteiger partial charge is 0.484 e. The van der Waals surface area contributed by atoms with Crippen LogP contribution in [0.4, 0.5) is 5.69 Å². The summed E-state index contributed by atoms with van der Waals surface area (Å²) in [7, 11) is 0. The minimum absolute atomic E-state index is 0.0113. The van der Waals surface area contributed by atoms with Crippen molar-refractivity contribution in [1.29, 1.82) is 0 Å². The molecule has 0 saturated carbocycles. The zero-order chi connectivity index (χ0) is 13.7. The van der Waals surface area contributed by atoms with Crippen LogP contribution in [0.5, 0.6) is 5.75 Å². The fourth-order valence-corrected chi connectivity index (χ4v) is 1.67. The summed E-state index contributed by atoms with van der Waals surface area (Å²) in [6.07, 6.45) is 0. The lowest BCUT2D eigenvalue weighted by molar-refractivity contribution is -0.118. The van der Waals surface area contributed by atoms with Crippen LogP contribution in [0.1, 0.15) is 11.1 Å². The number of nitrogens with one attached hydrogen (secondary N) is 1. The van der Waals surface area contributed by atoms with E-state index in [1.165, 1.54) is 5.56 Å². The molecule has 0 radical (unpaired) electrons. The molecule has 0 unspecified atom stereocenters. The lowest BCUT2D eigenvalue weighted by Crippen LogP contribution is -2.20. The number of hydrogen-bond donors (Lipinski definition) is 1. The van der Waals surface area contributed by atoms with Gasteiger partial charge in [0.05, 0.1) is 0 Å². The van der Waals surface area contributed by atoms with Crippen LogP contribution in [0.15, 0.2) is 48.5 Å². The smallest absolute Gasteiger partial charge is 0.262 e. The first-order chi connectivity index (χ1) is 9.15. The molecule has 0 fully saturated rings. The fourth-order valence-electron chi connectivity index (χ4n) is 1.67. The van der Waals surface area contributed by atoms with Gasteiger partial charge in [0.15, 0.2) is 6.61 Å². The van der Waals surface area contributed by atoms with Crippen LogP contribution in [-0.2, 0) is 4.79 Å². The van der Waals surface area contributed by atoms with Crippen molar-refractivity contribution in [1.82, 2.24) is 0 Å². The van der Waals surface area contributed by atoms with E-state index < -0.39 is 0 Å². The van der Waals surface area contributed by atoms with Crippen molar-refractivity contribution in [2.45, 2.75) is 13.8 Å². The Balaban J connectivity index is 1.88. The van der Waals surface area contributed by atoms with Gasteiger partial charge in [0.2, 0.25) is 0 Å². The third-order valence-electron chi connectivity index (χ3n) is 2.91. The van der Waals surface area contributed by atoms with Gasteiger partial charge in [-0.1, -0.05) is 24.3 Å². The molecule has 2 aromatic rings. The molecule has 0 heterocycles. The first kappa shape index (κ1) is 13.1. The number of anilines is 1. The van der Waals surface area contributed by atoms with Gasteiger partial charge in [-0.15, -0.1) is 0 Å². The van der Waals surface area contributed by atoms with Gasteiger partial charge in [-0.3, -0.25) is 4.79 Å².